The Bertz CT molecular complexity index is 414. The average Bonchev–Trinajstić information content (AvgIpc) is 2.85. The molecule has 0 saturated carbocycles. The molecular formula is C15H24N2O2S. The number of aryl methyl sites for hydroxylation is 1. The molecular weight excluding hydrogens is 272 g/mol. The van der Waals surface area contributed by atoms with Gasteiger partial charge in [0, 0.05) is 30.3 Å². The van der Waals surface area contributed by atoms with Crippen LogP contribution in [0.2, 0.25) is 0 Å². The fourth-order valence-electron chi connectivity index (χ4n) is 1.82. The highest BCUT2D eigenvalue weighted by Crippen LogP contribution is 2.12. The molecule has 1 rings (SSSR count). The van der Waals surface area contributed by atoms with Crippen molar-refractivity contribution in [1.29, 1.82) is 0 Å². The molecule has 2 unspecified atom stereocenters. The Morgan fingerprint density at radius 3 is 3.00 bits per heavy atom. The minimum atomic E-state index is -0.496. The Balaban J connectivity index is 2.09. The van der Waals surface area contributed by atoms with Crippen LogP contribution >= 0.6 is 11.3 Å². The molecule has 0 bridgehead atoms. The fourth-order valence-corrected chi connectivity index (χ4v) is 2.58. The molecule has 0 saturated heterocycles. The molecule has 2 atom stereocenters. The van der Waals surface area contributed by atoms with E-state index in [0.29, 0.717) is 26.2 Å². The van der Waals surface area contributed by atoms with E-state index in [4.69, 9.17) is 11.2 Å². The maximum Gasteiger partial charge on any atom is 0.0897 e. The van der Waals surface area contributed by atoms with E-state index in [2.05, 4.69) is 23.1 Å². The lowest BCUT2D eigenvalue weighted by Crippen LogP contribution is -2.37. The largest absolute Gasteiger partial charge is 0.389 e. The van der Waals surface area contributed by atoms with Gasteiger partial charge in [-0.15, -0.1) is 23.7 Å². The Hall–Kier alpha value is -0.930. The van der Waals surface area contributed by atoms with Crippen molar-refractivity contribution in [3.05, 3.63) is 16.1 Å². The van der Waals surface area contributed by atoms with Gasteiger partial charge in [-0.05, 0) is 13.3 Å². The van der Waals surface area contributed by atoms with Crippen molar-refractivity contribution in [2.24, 2.45) is 0 Å². The van der Waals surface area contributed by atoms with Crippen molar-refractivity contribution in [1.82, 2.24) is 10.3 Å². The number of aromatic nitrogens is 1. The van der Waals surface area contributed by atoms with E-state index in [1.807, 2.05) is 12.4 Å². The quantitative estimate of drug-likeness (QED) is 0.510. The summed E-state index contributed by atoms with van der Waals surface area (Å²) in [5.74, 6) is 2.64. The minimum absolute atomic E-state index is 0.273. The van der Waals surface area contributed by atoms with E-state index in [1.165, 1.54) is 4.88 Å². The molecule has 20 heavy (non-hydrogen) atoms. The van der Waals surface area contributed by atoms with Crippen molar-refractivity contribution >= 4 is 11.3 Å². The normalized spacial score (nSPS) is 13.9. The van der Waals surface area contributed by atoms with Gasteiger partial charge in [0.25, 0.3) is 0 Å². The predicted molar refractivity (Wildman–Crippen MR) is 82.9 cm³/mol. The summed E-state index contributed by atoms with van der Waals surface area (Å²) in [4.78, 5) is 5.44. The first-order chi connectivity index (χ1) is 9.67. The van der Waals surface area contributed by atoms with Crippen LogP contribution in [0.4, 0.5) is 0 Å². The number of ether oxygens (including phenoxy) is 1. The van der Waals surface area contributed by atoms with Crippen molar-refractivity contribution < 1.29 is 9.84 Å². The van der Waals surface area contributed by atoms with Crippen molar-refractivity contribution in [3.8, 4) is 12.3 Å². The second-order valence-electron chi connectivity index (χ2n) is 4.76. The molecule has 1 aromatic rings. The summed E-state index contributed by atoms with van der Waals surface area (Å²) >= 11 is 1.65. The van der Waals surface area contributed by atoms with Crippen molar-refractivity contribution in [3.63, 3.8) is 0 Å². The second-order valence-corrected chi connectivity index (χ2v) is 5.70. The first-order valence-electron chi connectivity index (χ1n) is 6.99. The average molecular weight is 296 g/mol. The number of rotatable bonds is 10. The highest BCUT2D eigenvalue weighted by Gasteiger charge is 2.09. The molecule has 0 fully saturated rings. The summed E-state index contributed by atoms with van der Waals surface area (Å²) in [5, 5.41) is 13.1. The molecule has 0 amide bonds. The number of aliphatic hydroxyl groups excluding tert-OH is 1. The van der Waals surface area contributed by atoms with E-state index in [9.17, 15) is 5.11 Å². The van der Waals surface area contributed by atoms with Gasteiger partial charge in [0.1, 0.15) is 0 Å². The molecule has 0 aliphatic rings. The topological polar surface area (TPSA) is 54.4 Å². The van der Waals surface area contributed by atoms with Gasteiger partial charge in [-0.2, -0.15) is 0 Å². The van der Waals surface area contributed by atoms with Gasteiger partial charge in [-0.3, -0.25) is 0 Å². The smallest absolute Gasteiger partial charge is 0.0897 e. The van der Waals surface area contributed by atoms with Crippen LogP contribution in [-0.2, 0) is 11.2 Å². The lowest BCUT2D eigenvalue weighted by molar-refractivity contribution is 0.0371. The van der Waals surface area contributed by atoms with Gasteiger partial charge < -0.3 is 15.2 Å². The molecule has 1 aromatic heterocycles. The van der Waals surface area contributed by atoms with Crippen LogP contribution in [0.5, 0.6) is 0 Å². The van der Waals surface area contributed by atoms with Crippen LogP contribution in [0.3, 0.4) is 0 Å². The van der Waals surface area contributed by atoms with Gasteiger partial charge in [-0.1, -0.05) is 6.92 Å². The molecule has 0 aliphatic heterocycles. The molecule has 2 N–H and O–H groups in total. The zero-order valence-electron chi connectivity index (χ0n) is 12.3. The number of nitrogens with zero attached hydrogens (tertiary/aromatic N) is 1. The van der Waals surface area contributed by atoms with E-state index >= 15 is 0 Å². The molecule has 5 heteroatoms. The highest BCUT2D eigenvalue weighted by atomic mass is 32.1. The fraction of sp³-hybridized carbons (Fsp3) is 0.667. The maximum absolute atomic E-state index is 9.82. The van der Waals surface area contributed by atoms with E-state index in [-0.39, 0.29) is 6.04 Å². The van der Waals surface area contributed by atoms with Crippen LogP contribution < -0.4 is 5.32 Å². The SMILES string of the molecule is C#CCC(CC)NCC(O)COCCc1scnc1C. The maximum atomic E-state index is 9.82. The van der Waals surface area contributed by atoms with Crippen molar-refractivity contribution in [2.75, 3.05) is 19.8 Å². The number of thiazole rings is 1. The predicted octanol–water partition coefficient (Wildman–Crippen LogP) is 1.76. The number of aliphatic hydroxyl groups is 1. The summed E-state index contributed by atoms with van der Waals surface area (Å²) in [6.45, 7) is 5.55. The van der Waals surface area contributed by atoms with Gasteiger partial charge in [-0.25, -0.2) is 4.98 Å². The lowest BCUT2D eigenvalue weighted by Gasteiger charge is -2.17. The monoisotopic (exact) mass is 296 g/mol. The molecule has 0 aromatic carbocycles. The third-order valence-electron chi connectivity index (χ3n) is 3.13. The van der Waals surface area contributed by atoms with Crippen LogP contribution in [0.15, 0.2) is 5.51 Å². The molecule has 112 valence electrons. The number of hydrogen-bond donors (Lipinski definition) is 2. The summed E-state index contributed by atoms with van der Waals surface area (Å²) in [7, 11) is 0. The minimum Gasteiger partial charge on any atom is -0.389 e. The molecule has 0 spiro atoms. The first kappa shape index (κ1) is 17.1. The third kappa shape index (κ3) is 6.49. The Morgan fingerprint density at radius 1 is 1.60 bits per heavy atom. The Kier molecular flexibility index (Phi) is 8.47. The van der Waals surface area contributed by atoms with Crippen LogP contribution in [0.1, 0.15) is 30.3 Å². The van der Waals surface area contributed by atoms with Crippen LogP contribution in [-0.4, -0.2) is 42.0 Å². The Labute approximate surface area is 125 Å². The molecule has 4 nitrogen and oxygen atoms in total. The molecule has 0 radical (unpaired) electrons. The summed E-state index contributed by atoms with van der Waals surface area (Å²) in [6, 6.07) is 0.273. The third-order valence-corrected chi connectivity index (χ3v) is 4.12. The lowest BCUT2D eigenvalue weighted by atomic mass is 10.1. The summed E-state index contributed by atoms with van der Waals surface area (Å²) < 4.78 is 5.50. The van der Waals surface area contributed by atoms with Gasteiger partial charge >= 0.3 is 0 Å². The Morgan fingerprint density at radius 2 is 2.40 bits per heavy atom. The van der Waals surface area contributed by atoms with E-state index in [1.54, 1.807) is 11.3 Å². The number of hydrogen-bond acceptors (Lipinski definition) is 5. The highest BCUT2D eigenvalue weighted by molar-refractivity contribution is 7.09. The number of terminal acetylenes is 1. The van der Waals surface area contributed by atoms with Crippen molar-refractivity contribution in [2.45, 2.75) is 45.3 Å². The van der Waals surface area contributed by atoms with E-state index < -0.39 is 6.10 Å². The number of nitrogens with one attached hydrogen (secondary N) is 1. The summed E-state index contributed by atoms with van der Waals surface area (Å²) in [6.07, 6.45) is 7.29. The molecule has 1 heterocycles. The van der Waals surface area contributed by atoms with Gasteiger partial charge in [0.05, 0.1) is 30.5 Å². The molecule has 0 aliphatic carbocycles. The zero-order chi connectivity index (χ0) is 14.8. The van der Waals surface area contributed by atoms with Gasteiger partial charge in [0.15, 0.2) is 0 Å². The van der Waals surface area contributed by atoms with Crippen LogP contribution in [0.25, 0.3) is 0 Å². The zero-order valence-corrected chi connectivity index (χ0v) is 13.1. The standard InChI is InChI=1S/C15H24N2O2S/c1-4-6-13(5-2)16-9-14(18)10-19-8-7-15-12(3)17-11-20-15/h1,11,13-14,16,18H,5-10H2,2-3H3. The summed E-state index contributed by atoms with van der Waals surface area (Å²) in [5.41, 5.74) is 2.92. The first-order valence-corrected chi connectivity index (χ1v) is 7.86. The van der Waals surface area contributed by atoms with E-state index in [0.717, 1.165) is 18.5 Å². The van der Waals surface area contributed by atoms with Gasteiger partial charge in [0.2, 0.25) is 0 Å². The van der Waals surface area contributed by atoms with Crippen LogP contribution in [0, 0.1) is 19.3 Å². The second kappa shape index (κ2) is 9.89.